The van der Waals surface area contributed by atoms with Crippen LogP contribution in [0.4, 0.5) is 5.69 Å². The van der Waals surface area contributed by atoms with Gasteiger partial charge in [0.05, 0.1) is 0 Å². The number of hydrogen-bond acceptors (Lipinski definition) is 3. The molecule has 3 aromatic rings. The average molecular weight is 414 g/mol. The molecule has 158 valence electrons. The fourth-order valence-corrected chi connectivity index (χ4v) is 4.28. The van der Waals surface area contributed by atoms with Gasteiger partial charge in [-0.25, -0.2) is 0 Å². The molecule has 4 rings (SSSR count). The van der Waals surface area contributed by atoms with Crippen molar-refractivity contribution in [3.05, 3.63) is 89.0 Å². The molecule has 0 fully saturated rings. The largest absolute Gasteiger partial charge is 0.457 e. The highest BCUT2D eigenvalue weighted by Gasteiger charge is 2.29. The third kappa shape index (κ3) is 4.38. The summed E-state index contributed by atoms with van der Waals surface area (Å²) in [6, 6.07) is 21.8. The van der Waals surface area contributed by atoms with Gasteiger partial charge in [0.15, 0.2) is 0 Å². The van der Waals surface area contributed by atoms with Crippen LogP contribution >= 0.6 is 0 Å². The van der Waals surface area contributed by atoms with E-state index in [0.29, 0.717) is 19.3 Å². The molecule has 0 saturated heterocycles. The smallest absolute Gasteiger partial charge is 0.225 e. The summed E-state index contributed by atoms with van der Waals surface area (Å²) < 4.78 is 6.06. The predicted molar refractivity (Wildman–Crippen MR) is 123 cm³/mol. The minimum absolute atomic E-state index is 0.0445. The van der Waals surface area contributed by atoms with Gasteiger partial charge in [-0.15, -0.1) is 0 Å². The van der Waals surface area contributed by atoms with Crippen molar-refractivity contribution in [3.63, 3.8) is 0 Å². The molecule has 31 heavy (non-hydrogen) atoms. The van der Waals surface area contributed by atoms with Gasteiger partial charge in [-0.05, 0) is 35.6 Å². The van der Waals surface area contributed by atoms with E-state index >= 15 is 0 Å². The molecule has 1 aliphatic heterocycles. The fourth-order valence-electron chi connectivity index (χ4n) is 4.28. The molecular weight excluding hydrogens is 386 g/mol. The van der Waals surface area contributed by atoms with Gasteiger partial charge in [0, 0.05) is 35.6 Å². The van der Waals surface area contributed by atoms with Crippen LogP contribution in [-0.4, -0.2) is 12.2 Å². The minimum Gasteiger partial charge on any atom is -0.457 e. The third-order valence-corrected chi connectivity index (χ3v) is 5.80. The van der Waals surface area contributed by atoms with Gasteiger partial charge in [0.25, 0.3) is 0 Å². The zero-order chi connectivity index (χ0) is 21.8. The number of carbonyl (C=O) groups excluding carboxylic acids is 2. The topological polar surface area (TPSA) is 55.4 Å². The molecule has 4 heteroatoms. The summed E-state index contributed by atoms with van der Waals surface area (Å²) in [5.41, 5.74) is 4.98. The number of amides is 1. The highest BCUT2D eigenvalue weighted by Crippen LogP contribution is 2.45. The number of carbonyl (C=O) groups is 2. The van der Waals surface area contributed by atoms with Crippen molar-refractivity contribution in [1.82, 2.24) is 0 Å². The van der Waals surface area contributed by atoms with E-state index in [1.54, 1.807) is 0 Å². The van der Waals surface area contributed by atoms with Crippen molar-refractivity contribution in [2.45, 2.75) is 44.9 Å². The van der Waals surface area contributed by atoms with Crippen LogP contribution in [0.5, 0.6) is 11.5 Å². The van der Waals surface area contributed by atoms with E-state index in [1.807, 2.05) is 66.7 Å². The minimum atomic E-state index is -0.0780. The lowest BCUT2D eigenvalue weighted by Crippen LogP contribution is -2.20. The first-order valence-electron chi connectivity index (χ1n) is 10.8. The van der Waals surface area contributed by atoms with Crippen LogP contribution < -0.4 is 10.1 Å². The molecule has 0 spiro atoms. The van der Waals surface area contributed by atoms with Gasteiger partial charge in [0.1, 0.15) is 17.8 Å². The maximum Gasteiger partial charge on any atom is 0.225 e. The summed E-state index contributed by atoms with van der Waals surface area (Å²) in [5.74, 6) is 1.74. The highest BCUT2D eigenvalue weighted by atomic mass is 16.5. The van der Waals surface area contributed by atoms with Crippen LogP contribution in [-0.2, 0) is 16.0 Å². The van der Waals surface area contributed by atoms with E-state index in [0.717, 1.165) is 45.7 Å². The van der Waals surface area contributed by atoms with Gasteiger partial charge in [0.2, 0.25) is 5.91 Å². The third-order valence-electron chi connectivity index (χ3n) is 5.80. The number of aryl methyl sites for hydroxylation is 1. The van der Waals surface area contributed by atoms with Crippen molar-refractivity contribution < 1.29 is 14.3 Å². The second-order valence-corrected chi connectivity index (χ2v) is 8.22. The first-order valence-corrected chi connectivity index (χ1v) is 10.8. The number of para-hydroxylation sites is 3. The number of fused-ring (bicyclic) bond motifs is 2. The lowest BCUT2D eigenvalue weighted by atomic mass is 9.85. The highest BCUT2D eigenvalue weighted by molar-refractivity contribution is 5.93. The maximum atomic E-state index is 13.3. The summed E-state index contributed by atoms with van der Waals surface area (Å²) in [6.45, 7) is 4.22. The molecular formula is C27H27NO3. The molecule has 1 aliphatic rings. The Hall–Kier alpha value is -3.40. The Kier molecular flexibility index (Phi) is 6.17. The van der Waals surface area contributed by atoms with Crippen molar-refractivity contribution >= 4 is 17.9 Å². The number of anilines is 1. The number of ether oxygens (including phenoxy) is 1. The average Bonchev–Trinajstić information content (AvgIpc) is 2.78. The van der Waals surface area contributed by atoms with Gasteiger partial charge in [-0.1, -0.05) is 68.4 Å². The van der Waals surface area contributed by atoms with E-state index in [9.17, 15) is 9.59 Å². The molecule has 1 amide bonds. The molecule has 0 atom stereocenters. The van der Waals surface area contributed by atoms with Crippen molar-refractivity contribution in [2.24, 2.45) is 0 Å². The molecule has 0 bridgehead atoms. The fraction of sp³-hybridized carbons (Fsp3) is 0.259. The molecule has 1 heterocycles. The van der Waals surface area contributed by atoms with Crippen molar-refractivity contribution in [1.29, 1.82) is 0 Å². The van der Waals surface area contributed by atoms with E-state index in [4.69, 9.17) is 4.74 Å². The Morgan fingerprint density at radius 2 is 1.61 bits per heavy atom. The number of rotatable bonds is 7. The second-order valence-electron chi connectivity index (χ2n) is 8.22. The van der Waals surface area contributed by atoms with Crippen LogP contribution in [0, 0.1) is 0 Å². The summed E-state index contributed by atoms with van der Waals surface area (Å²) in [6.07, 6.45) is 2.29. The van der Waals surface area contributed by atoms with Crippen LogP contribution in [0.25, 0.3) is 0 Å². The summed E-state index contributed by atoms with van der Waals surface area (Å²) in [7, 11) is 0. The van der Waals surface area contributed by atoms with Crippen LogP contribution in [0.1, 0.15) is 60.8 Å². The molecule has 3 aromatic carbocycles. The van der Waals surface area contributed by atoms with E-state index < -0.39 is 0 Å². The number of hydrogen-bond donors (Lipinski definition) is 1. The molecule has 0 saturated carbocycles. The van der Waals surface area contributed by atoms with Crippen LogP contribution in [0.15, 0.2) is 66.7 Å². The van der Waals surface area contributed by atoms with Gasteiger partial charge >= 0.3 is 0 Å². The van der Waals surface area contributed by atoms with Crippen LogP contribution in [0.2, 0.25) is 0 Å². The van der Waals surface area contributed by atoms with E-state index in [1.165, 1.54) is 0 Å². The Balaban J connectivity index is 1.64. The normalized spacial score (nSPS) is 12.6. The number of nitrogens with one attached hydrogen (secondary N) is 1. The Morgan fingerprint density at radius 1 is 0.968 bits per heavy atom. The van der Waals surface area contributed by atoms with Gasteiger partial charge < -0.3 is 14.8 Å². The molecule has 1 N–H and O–H groups in total. The SMILES string of the molecule is CC(C)c1cccc(CCC=O)c1NC(=O)CC1c2ccccc2Oc2ccccc21. The Bertz CT molecular complexity index is 1060. The first kappa shape index (κ1) is 20.9. The van der Waals surface area contributed by atoms with Gasteiger partial charge in [-0.2, -0.15) is 0 Å². The Morgan fingerprint density at radius 3 is 2.23 bits per heavy atom. The number of aldehydes is 1. The van der Waals surface area contributed by atoms with E-state index in [2.05, 4.69) is 19.2 Å². The van der Waals surface area contributed by atoms with Gasteiger partial charge in [-0.3, -0.25) is 4.79 Å². The first-order chi connectivity index (χ1) is 15.1. The predicted octanol–water partition coefficient (Wildman–Crippen LogP) is 6.21. The molecule has 0 aliphatic carbocycles. The van der Waals surface area contributed by atoms with Crippen LogP contribution in [0.3, 0.4) is 0 Å². The lowest BCUT2D eigenvalue weighted by Gasteiger charge is -2.28. The standard InChI is InChI=1S/C27H27NO3/c1-18(2)20-13-7-9-19(10-8-16-29)27(20)28-26(30)17-23-21-11-3-5-14-24(21)31-25-15-6-4-12-22(23)25/h3-7,9,11-16,18,23H,8,10,17H2,1-2H3,(H,28,30). The number of benzene rings is 3. The quantitative estimate of drug-likeness (QED) is 0.469. The van der Waals surface area contributed by atoms with Crippen molar-refractivity contribution in [3.8, 4) is 11.5 Å². The summed E-state index contributed by atoms with van der Waals surface area (Å²) in [4.78, 5) is 24.2. The van der Waals surface area contributed by atoms with E-state index in [-0.39, 0.29) is 17.7 Å². The summed E-state index contributed by atoms with van der Waals surface area (Å²) >= 11 is 0. The maximum absolute atomic E-state index is 13.3. The zero-order valence-electron chi connectivity index (χ0n) is 17.9. The lowest BCUT2D eigenvalue weighted by molar-refractivity contribution is -0.116. The van der Waals surface area contributed by atoms with Crippen molar-refractivity contribution in [2.75, 3.05) is 5.32 Å². The second kappa shape index (κ2) is 9.17. The Labute approximate surface area is 183 Å². The molecule has 0 unspecified atom stereocenters. The molecule has 0 radical (unpaired) electrons. The molecule has 0 aromatic heterocycles. The monoisotopic (exact) mass is 413 g/mol. The summed E-state index contributed by atoms with van der Waals surface area (Å²) in [5, 5.41) is 3.18. The molecule has 4 nitrogen and oxygen atoms in total. The zero-order valence-corrected chi connectivity index (χ0v) is 17.9.